The van der Waals surface area contributed by atoms with E-state index in [9.17, 15) is 0 Å². The molecule has 86 valence electrons. The minimum atomic E-state index is 0.642. The first kappa shape index (κ1) is 10.9. The Morgan fingerprint density at radius 3 is 3.00 bits per heavy atom. The van der Waals surface area contributed by atoms with Gasteiger partial charge in [-0.1, -0.05) is 19.8 Å². The number of hydrogen-bond acceptors (Lipinski definition) is 4. The van der Waals surface area contributed by atoms with Gasteiger partial charge in [-0.05, 0) is 13.3 Å². The molecular weight excluding hydrogens is 202 g/mol. The van der Waals surface area contributed by atoms with E-state index >= 15 is 0 Å². The smallest absolute Gasteiger partial charge is 0.254 e. The number of fused-ring (bicyclic) bond motifs is 1. The number of unbranched alkanes of at least 4 members (excludes halogenated alkanes) is 2. The van der Waals surface area contributed by atoms with Crippen molar-refractivity contribution in [3.63, 3.8) is 0 Å². The van der Waals surface area contributed by atoms with Crippen LogP contribution in [-0.2, 0) is 0 Å². The molecule has 0 radical (unpaired) electrons. The fourth-order valence-corrected chi connectivity index (χ4v) is 1.66. The fraction of sp³-hybridized carbons (Fsp3) is 0.545. The highest BCUT2D eigenvalue weighted by Crippen LogP contribution is 2.13. The summed E-state index contributed by atoms with van der Waals surface area (Å²) in [6.45, 7) is 5.19. The van der Waals surface area contributed by atoms with Crippen LogP contribution in [0.3, 0.4) is 0 Å². The molecule has 0 bridgehead atoms. The summed E-state index contributed by atoms with van der Waals surface area (Å²) in [5.41, 5.74) is 1.09. The number of nitrogens with zero attached hydrogens (tertiary/aromatic N) is 4. The van der Waals surface area contributed by atoms with Crippen LogP contribution >= 0.6 is 0 Å². The van der Waals surface area contributed by atoms with Crippen LogP contribution in [0.15, 0.2) is 12.5 Å². The molecule has 2 aromatic heterocycles. The summed E-state index contributed by atoms with van der Waals surface area (Å²) in [7, 11) is 0. The molecule has 0 amide bonds. The molecule has 0 atom stereocenters. The lowest BCUT2D eigenvalue weighted by molar-refractivity contribution is 0.738. The van der Waals surface area contributed by atoms with Crippen molar-refractivity contribution in [2.45, 2.75) is 33.1 Å². The van der Waals surface area contributed by atoms with E-state index in [4.69, 9.17) is 0 Å². The van der Waals surface area contributed by atoms with Gasteiger partial charge in [0.1, 0.15) is 12.1 Å². The first-order valence-corrected chi connectivity index (χ1v) is 5.72. The quantitative estimate of drug-likeness (QED) is 0.782. The van der Waals surface area contributed by atoms with E-state index in [0.29, 0.717) is 5.78 Å². The average molecular weight is 219 g/mol. The molecule has 16 heavy (non-hydrogen) atoms. The Balaban J connectivity index is 2.15. The third kappa shape index (κ3) is 2.13. The lowest BCUT2D eigenvalue weighted by atomic mass is 10.2. The molecule has 0 fully saturated rings. The molecule has 0 aliphatic heterocycles. The molecule has 2 rings (SSSR count). The van der Waals surface area contributed by atoms with Crippen LogP contribution < -0.4 is 5.32 Å². The largest absolute Gasteiger partial charge is 0.370 e. The highest BCUT2D eigenvalue weighted by molar-refractivity contribution is 5.48. The van der Waals surface area contributed by atoms with E-state index in [1.807, 2.05) is 13.1 Å². The van der Waals surface area contributed by atoms with Crippen LogP contribution in [0.5, 0.6) is 0 Å². The zero-order valence-corrected chi connectivity index (χ0v) is 9.77. The predicted molar refractivity (Wildman–Crippen MR) is 63.5 cm³/mol. The van der Waals surface area contributed by atoms with Gasteiger partial charge in [-0.15, -0.1) is 0 Å². The first-order chi connectivity index (χ1) is 7.83. The Hall–Kier alpha value is -1.65. The predicted octanol–water partition coefficient (Wildman–Crippen LogP) is 2.03. The Morgan fingerprint density at radius 2 is 2.19 bits per heavy atom. The van der Waals surface area contributed by atoms with Gasteiger partial charge in [-0.2, -0.15) is 14.6 Å². The summed E-state index contributed by atoms with van der Waals surface area (Å²) in [5.74, 6) is 1.64. The van der Waals surface area contributed by atoms with Crippen LogP contribution in [0, 0.1) is 6.92 Å². The molecule has 0 aliphatic carbocycles. The molecule has 2 heterocycles. The summed E-state index contributed by atoms with van der Waals surface area (Å²) >= 11 is 0. The van der Waals surface area contributed by atoms with Crippen molar-refractivity contribution in [3.05, 3.63) is 18.1 Å². The molecule has 0 aromatic carbocycles. The zero-order valence-electron chi connectivity index (χ0n) is 9.77. The molecule has 5 nitrogen and oxygen atoms in total. The van der Waals surface area contributed by atoms with Crippen LogP contribution in [0.4, 0.5) is 5.82 Å². The molecule has 0 spiro atoms. The summed E-state index contributed by atoms with van der Waals surface area (Å²) in [6.07, 6.45) is 7.01. The number of nitrogens with one attached hydrogen (secondary N) is 1. The maximum absolute atomic E-state index is 4.20. The third-order valence-corrected chi connectivity index (χ3v) is 2.56. The highest BCUT2D eigenvalue weighted by Gasteiger charge is 2.05. The Bertz CT molecular complexity index is 462. The fourth-order valence-electron chi connectivity index (χ4n) is 1.66. The number of anilines is 1. The van der Waals surface area contributed by atoms with E-state index in [2.05, 4.69) is 27.3 Å². The van der Waals surface area contributed by atoms with E-state index in [-0.39, 0.29) is 0 Å². The third-order valence-electron chi connectivity index (χ3n) is 2.56. The number of aromatic nitrogens is 4. The Morgan fingerprint density at radius 1 is 1.31 bits per heavy atom. The maximum atomic E-state index is 4.20. The van der Waals surface area contributed by atoms with Crippen molar-refractivity contribution >= 4 is 11.6 Å². The van der Waals surface area contributed by atoms with E-state index in [0.717, 1.165) is 17.9 Å². The van der Waals surface area contributed by atoms with Gasteiger partial charge in [0.2, 0.25) is 0 Å². The normalized spacial score (nSPS) is 10.9. The van der Waals surface area contributed by atoms with Crippen LogP contribution in [0.2, 0.25) is 0 Å². The Labute approximate surface area is 94.9 Å². The van der Waals surface area contributed by atoms with Gasteiger partial charge in [0.05, 0.1) is 0 Å². The summed E-state index contributed by atoms with van der Waals surface area (Å²) in [5, 5.41) is 7.56. The number of aryl methyl sites for hydroxylation is 1. The number of hydrogen-bond donors (Lipinski definition) is 1. The van der Waals surface area contributed by atoms with Gasteiger partial charge < -0.3 is 5.32 Å². The summed E-state index contributed by atoms with van der Waals surface area (Å²) in [4.78, 5) is 8.26. The molecular formula is C11H17N5. The topological polar surface area (TPSA) is 55.1 Å². The standard InChI is InChI=1S/C11H17N5/c1-3-4-5-6-12-10-9(2)7-13-11-14-8-15-16(10)11/h7-8,12H,3-6H2,1-2H3. The first-order valence-electron chi connectivity index (χ1n) is 5.72. The minimum absolute atomic E-state index is 0.642. The van der Waals surface area contributed by atoms with Gasteiger partial charge in [-0.3, -0.25) is 0 Å². The van der Waals surface area contributed by atoms with Crippen molar-refractivity contribution in [3.8, 4) is 0 Å². The lowest BCUT2D eigenvalue weighted by Gasteiger charge is -2.09. The van der Waals surface area contributed by atoms with Crippen molar-refractivity contribution in [2.75, 3.05) is 11.9 Å². The molecule has 0 unspecified atom stereocenters. The zero-order chi connectivity index (χ0) is 11.4. The molecule has 0 saturated carbocycles. The number of rotatable bonds is 5. The second kappa shape index (κ2) is 4.92. The van der Waals surface area contributed by atoms with Gasteiger partial charge in [0, 0.05) is 18.3 Å². The van der Waals surface area contributed by atoms with Crippen LogP contribution in [-0.4, -0.2) is 26.1 Å². The van der Waals surface area contributed by atoms with E-state index < -0.39 is 0 Å². The average Bonchev–Trinajstić information content (AvgIpc) is 2.75. The van der Waals surface area contributed by atoms with Crippen molar-refractivity contribution in [2.24, 2.45) is 0 Å². The second-order valence-electron chi connectivity index (χ2n) is 3.90. The van der Waals surface area contributed by atoms with Crippen molar-refractivity contribution in [1.29, 1.82) is 0 Å². The second-order valence-corrected chi connectivity index (χ2v) is 3.90. The SMILES string of the molecule is CCCCCNc1c(C)cnc2ncnn12. The van der Waals surface area contributed by atoms with Crippen molar-refractivity contribution in [1.82, 2.24) is 19.6 Å². The van der Waals surface area contributed by atoms with Gasteiger partial charge in [-0.25, -0.2) is 4.98 Å². The Kier molecular flexibility index (Phi) is 3.34. The molecule has 0 aliphatic rings. The minimum Gasteiger partial charge on any atom is -0.370 e. The van der Waals surface area contributed by atoms with E-state index in [1.54, 1.807) is 4.52 Å². The lowest BCUT2D eigenvalue weighted by Crippen LogP contribution is -2.09. The molecule has 0 saturated heterocycles. The van der Waals surface area contributed by atoms with Crippen molar-refractivity contribution < 1.29 is 0 Å². The van der Waals surface area contributed by atoms with Crippen LogP contribution in [0.1, 0.15) is 31.7 Å². The van der Waals surface area contributed by atoms with E-state index in [1.165, 1.54) is 25.6 Å². The molecule has 5 heteroatoms. The highest BCUT2D eigenvalue weighted by atomic mass is 15.3. The summed E-state index contributed by atoms with van der Waals surface area (Å²) < 4.78 is 1.75. The monoisotopic (exact) mass is 219 g/mol. The maximum Gasteiger partial charge on any atom is 0.254 e. The van der Waals surface area contributed by atoms with Gasteiger partial charge in [0.15, 0.2) is 0 Å². The summed E-state index contributed by atoms with van der Waals surface area (Å²) in [6, 6.07) is 0. The molecule has 1 N–H and O–H groups in total. The van der Waals surface area contributed by atoms with Gasteiger partial charge in [0.25, 0.3) is 5.78 Å². The van der Waals surface area contributed by atoms with Gasteiger partial charge >= 0.3 is 0 Å². The van der Waals surface area contributed by atoms with Crippen LogP contribution in [0.25, 0.3) is 5.78 Å². The molecule has 2 aromatic rings.